The molecule has 0 radical (unpaired) electrons. The molecule has 0 saturated heterocycles. The molecule has 0 amide bonds. The number of hydrogen-bond donors (Lipinski definition) is 1. The third kappa shape index (κ3) is 2.54. The van der Waals surface area contributed by atoms with E-state index in [1.54, 1.807) is 0 Å². The van der Waals surface area contributed by atoms with Crippen LogP contribution in [0.25, 0.3) is 0 Å². The van der Waals surface area contributed by atoms with E-state index < -0.39 is 0 Å². The molecule has 3 atom stereocenters. The Morgan fingerprint density at radius 2 is 2.29 bits per heavy atom. The number of hydrogen-bond acceptors (Lipinski definition) is 2. The van der Waals surface area contributed by atoms with E-state index in [1.165, 1.54) is 12.8 Å². The smallest absolute Gasteiger partial charge is 0.203 e. The highest BCUT2D eigenvalue weighted by Gasteiger charge is 2.30. The van der Waals surface area contributed by atoms with Crippen molar-refractivity contribution >= 4 is 5.95 Å². The zero-order valence-corrected chi connectivity index (χ0v) is 11.1. The molecule has 1 saturated carbocycles. The van der Waals surface area contributed by atoms with Crippen LogP contribution in [0.3, 0.4) is 0 Å². The third-order valence-electron chi connectivity index (χ3n) is 4.00. The second kappa shape index (κ2) is 4.94. The molecule has 3 nitrogen and oxygen atoms in total. The van der Waals surface area contributed by atoms with Crippen molar-refractivity contribution in [1.82, 2.24) is 9.55 Å². The lowest BCUT2D eigenvalue weighted by Crippen LogP contribution is -2.25. The monoisotopic (exact) mass is 233 g/mol. The first-order chi connectivity index (χ1) is 8.11. The lowest BCUT2D eigenvalue weighted by atomic mass is 9.98. The maximum Gasteiger partial charge on any atom is 0.203 e. The normalized spacial score (nSPS) is 28.3. The van der Waals surface area contributed by atoms with Crippen molar-refractivity contribution in [2.45, 2.75) is 46.2 Å². The van der Waals surface area contributed by atoms with Crippen LogP contribution in [-0.4, -0.2) is 15.6 Å². The Kier molecular flexibility index (Phi) is 3.55. The van der Waals surface area contributed by atoms with Crippen LogP contribution in [0.1, 0.15) is 32.4 Å². The standard InChI is InChI=1S/C14H23N3/c1-5-8-17-9-11(3)15-14(17)16-13-7-6-10(2)12(13)4/h5,9-10,12-13H,1,6-8H2,2-4H3,(H,15,16). The van der Waals surface area contributed by atoms with Crippen molar-refractivity contribution in [3.63, 3.8) is 0 Å². The average molecular weight is 233 g/mol. The predicted molar refractivity (Wildman–Crippen MR) is 72.1 cm³/mol. The molecule has 3 unspecified atom stereocenters. The van der Waals surface area contributed by atoms with E-state index in [4.69, 9.17) is 0 Å². The number of nitrogens with zero attached hydrogens (tertiary/aromatic N) is 2. The first-order valence-electron chi connectivity index (χ1n) is 6.53. The second-order valence-electron chi connectivity index (χ2n) is 5.31. The second-order valence-corrected chi connectivity index (χ2v) is 5.31. The van der Waals surface area contributed by atoms with Crippen molar-refractivity contribution in [3.05, 3.63) is 24.5 Å². The summed E-state index contributed by atoms with van der Waals surface area (Å²) in [6.45, 7) is 11.3. The van der Waals surface area contributed by atoms with Gasteiger partial charge in [-0.05, 0) is 31.6 Å². The number of aromatic nitrogens is 2. The SMILES string of the molecule is C=CCn1cc(C)nc1NC1CCC(C)C1C. The van der Waals surface area contributed by atoms with E-state index in [0.29, 0.717) is 6.04 Å². The van der Waals surface area contributed by atoms with E-state index in [-0.39, 0.29) is 0 Å². The Balaban J connectivity index is 2.10. The summed E-state index contributed by atoms with van der Waals surface area (Å²) in [5.41, 5.74) is 1.06. The summed E-state index contributed by atoms with van der Waals surface area (Å²) in [5.74, 6) is 2.54. The highest BCUT2D eigenvalue weighted by Crippen LogP contribution is 2.33. The van der Waals surface area contributed by atoms with Gasteiger partial charge in [-0.3, -0.25) is 0 Å². The molecule has 0 bridgehead atoms. The van der Waals surface area contributed by atoms with Crippen LogP contribution in [-0.2, 0) is 6.54 Å². The van der Waals surface area contributed by atoms with Gasteiger partial charge in [0.25, 0.3) is 0 Å². The molecular weight excluding hydrogens is 210 g/mol. The molecule has 0 aliphatic heterocycles. The fourth-order valence-electron chi connectivity index (χ4n) is 2.67. The maximum atomic E-state index is 4.56. The van der Waals surface area contributed by atoms with Crippen LogP contribution in [0, 0.1) is 18.8 Å². The van der Waals surface area contributed by atoms with Gasteiger partial charge < -0.3 is 9.88 Å². The summed E-state index contributed by atoms with van der Waals surface area (Å²) in [4.78, 5) is 4.56. The van der Waals surface area contributed by atoms with Gasteiger partial charge in [0.1, 0.15) is 0 Å². The number of anilines is 1. The van der Waals surface area contributed by atoms with E-state index in [0.717, 1.165) is 30.0 Å². The quantitative estimate of drug-likeness (QED) is 0.809. The lowest BCUT2D eigenvalue weighted by molar-refractivity contribution is 0.434. The molecule has 1 N–H and O–H groups in total. The Labute approximate surface area is 104 Å². The molecule has 1 aliphatic rings. The van der Waals surface area contributed by atoms with Gasteiger partial charge in [-0.15, -0.1) is 6.58 Å². The highest BCUT2D eigenvalue weighted by molar-refractivity contribution is 5.31. The van der Waals surface area contributed by atoms with E-state index in [2.05, 4.69) is 41.5 Å². The molecule has 0 spiro atoms. The Hall–Kier alpha value is -1.25. The van der Waals surface area contributed by atoms with E-state index >= 15 is 0 Å². The molecule has 17 heavy (non-hydrogen) atoms. The molecule has 1 aromatic heterocycles. The number of nitrogens with one attached hydrogen (secondary N) is 1. The lowest BCUT2D eigenvalue weighted by Gasteiger charge is -2.20. The van der Waals surface area contributed by atoms with Crippen LogP contribution >= 0.6 is 0 Å². The van der Waals surface area contributed by atoms with Gasteiger partial charge in [-0.1, -0.05) is 19.9 Å². The summed E-state index contributed by atoms with van der Waals surface area (Å²) in [7, 11) is 0. The molecule has 1 fully saturated rings. The largest absolute Gasteiger partial charge is 0.353 e. The zero-order chi connectivity index (χ0) is 12.4. The Bertz CT molecular complexity index is 394. The molecule has 1 aromatic rings. The molecule has 2 rings (SSSR count). The summed E-state index contributed by atoms with van der Waals surface area (Å²) >= 11 is 0. The average Bonchev–Trinajstić information content (AvgIpc) is 2.77. The van der Waals surface area contributed by atoms with Gasteiger partial charge >= 0.3 is 0 Å². The van der Waals surface area contributed by atoms with Gasteiger partial charge in [0.15, 0.2) is 0 Å². The minimum absolute atomic E-state index is 0.565. The van der Waals surface area contributed by atoms with Crippen molar-refractivity contribution in [2.24, 2.45) is 11.8 Å². The minimum Gasteiger partial charge on any atom is -0.353 e. The molecular formula is C14H23N3. The third-order valence-corrected chi connectivity index (χ3v) is 4.00. The topological polar surface area (TPSA) is 29.9 Å². The zero-order valence-electron chi connectivity index (χ0n) is 11.1. The van der Waals surface area contributed by atoms with Crippen LogP contribution in [0.4, 0.5) is 5.95 Å². The fourth-order valence-corrected chi connectivity index (χ4v) is 2.67. The van der Waals surface area contributed by atoms with Crippen molar-refractivity contribution in [2.75, 3.05) is 5.32 Å². The molecule has 1 heterocycles. The van der Waals surface area contributed by atoms with Crippen molar-refractivity contribution in [3.8, 4) is 0 Å². The maximum absolute atomic E-state index is 4.56. The van der Waals surface area contributed by atoms with Gasteiger partial charge in [0.2, 0.25) is 5.95 Å². The van der Waals surface area contributed by atoms with Gasteiger partial charge in [0, 0.05) is 18.8 Å². The number of aryl methyl sites for hydroxylation is 1. The van der Waals surface area contributed by atoms with Crippen molar-refractivity contribution in [1.29, 1.82) is 0 Å². The Morgan fingerprint density at radius 3 is 2.88 bits per heavy atom. The highest BCUT2D eigenvalue weighted by atomic mass is 15.2. The summed E-state index contributed by atoms with van der Waals surface area (Å²) in [6.07, 6.45) is 6.56. The first-order valence-corrected chi connectivity index (χ1v) is 6.53. The van der Waals surface area contributed by atoms with Crippen LogP contribution in [0.2, 0.25) is 0 Å². The van der Waals surface area contributed by atoms with Crippen LogP contribution < -0.4 is 5.32 Å². The minimum atomic E-state index is 0.565. The van der Waals surface area contributed by atoms with Gasteiger partial charge in [-0.25, -0.2) is 4.98 Å². The van der Waals surface area contributed by atoms with E-state index in [9.17, 15) is 0 Å². The Morgan fingerprint density at radius 1 is 1.53 bits per heavy atom. The molecule has 0 aromatic carbocycles. The summed E-state index contributed by atoms with van der Waals surface area (Å²) < 4.78 is 2.14. The van der Waals surface area contributed by atoms with Crippen molar-refractivity contribution < 1.29 is 0 Å². The molecule has 3 heteroatoms. The molecule has 1 aliphatic carbocycles. The number of imidazole rings is 1. The predicted octanol–water partition coefficient (Wildman–Crippen LogP) is 3.22. The van der Waals surface area contributed by atoms with Crippen LogP contribution in [0.5, 0.6) is 0 Å². The van der Waals surface area contributed by atoms with E-state index in [1.807, 2.05) is 13.0 Å². The van der Waals surface area contributed by atoms with Crippen LogP contribution in [0.15, 0.2) is 18.9 Å². The molecule has 94 valence electrons. The summed E-state index contributed by atoms with van der Waals surface area (Å²) in [6, 6.07) is 0.565. The first kappa shape index (κ1) is 12.2. The fraction of sp³-hybridized carbons (Fsp3) is 0.643. The van der Waals surface area contributed by atoms with Gasteiger partial charge in [0.05, 0.1) is 5.69 Å². The number of allylic oxidation sites excluding steroid dienone is 1. The van der Waals surface area contributed by atoms with Gasteiger partial charge in [-0.2, -0.15) is 0 Å². The number of rotatable bonds is 4. The summed E-state index contributed by atoms with van der Waals surface area (Å²) in [5, 5.41) is 3.60.